The van der Waals surface area contributed by atoms with Gasteiger partial charge < -0.3 is 4.74 Å². The van der Waals surface area contributed by atoms with Crippen molar-refractivity contribution in [2.45, 2.75) is 83.3 Å². The third kappa shape index (κ3) is 3.09. The van der Waals surface area contributed by atoms with Gasteiger partial charge in [-0.3, -0.25) is 4.79 Å². The van der Waals surface area contributed by atoms with Crippen LogP contribution >= 0.6 is 0 Å². The van der Waals surface area contributed by atoms with Gasteiger partial charge in [0.05, 0.1) is 11.7 Å². The first-order chi connectivity index (χ1) is 8.15. The molecule has 0 radical (unpaired) electrons. The number of ether oxygens (including phenoxy) is 1. The molecule has 1 saturated carbocycles. The van der Waals surface area contributed by atoms with Gasteiger partial charge in [0.2, 0.25) is 0 Å². The van der Waals surface area contributed by atoms with Crippen LogP contribution in [-0.2, 0) is 9.53 Å². The molecular formula is C15H26O2. The summed E-state index contributed by atoms with van der Waals surface area (Å²) in [4.78, 5) is 11.5. The Labute approximate surface area is 105 Å². The summed E-state index contributed by atoms with van der Waals surface area (Å²) < 4.78 is 6.32. The molecule has 2 nitrogen and oxygen atoms in total. The molecular weight excluding hydrogens is 212 g/mol. The molecule has 0 aromatic carbocycles. The van der Waals surface area contributed by atoms with Crippen molar-refractivity contribution in [2.24, 2.45) is 5.92 Å². The maximum Gasteiger partial charge on any atom is 0.132 e. The van der Waals surface area contributed by atoms with Crippen LogP contribution in [0.2, 0.25) is 0 Å². The topological polar surface area (TPSA) is 26.3 Å². The number of Topliss-reactive ketones (excluding diaryl/α,β-unsaturated/α-hetero) is 1. The Balaban J connectivity index is 1.86. The lowest BCUT2D eigenvalue weighted by atomic mass is 9.83. The van der Waals surface area contributed by atoms with Crippen molar-refractivity contribution in [2.75, 3.05) is 0 Å². The highest BCUT2D eigenvalue weighted by atomic mass is 16.5. The van der Waals surface area contributed by atoms with Crippen LogP contribution < -0.4 is 0 Å². The molecule has 2 rings (SSSR count). The van der Waals surface area contributed by atoms with Crippen LogP contribution in [0.4, 0.5) is 0 Å². The van der Waals surface area contributed by atoms with Crippen LogP contribution in [0, 0.1) is 5.92 Å². The minimum Gasteiger partial charge on any atom is -0.372 e. The molecule has 0 aromatic heterocycles. The highest BCUT2D eigenvalue weighted by Gasteiger charge is 2.41. The summed E-state index contributed by atoms with van der Waals surface area (Å²) in [7, 11) is 0. The summed E-state index contributed by atoms with van der Waals surface area (Å²) >= 11 is 0. The lowest BCUT2D eigenvalue weighted by Gasteiger charge is -2.33. The molecule has 1 aliphatic carbocycles. The van der Waals surface area contributed by atoms with Gasteiger partial charge in [0.25, 0.3) is 0 Å². The second-order valence-corrected chi connectivity index (χ2v) is 5.97. The highest BCUT2D eigenvalue weighted by Crippen LogP contribution is 2.43. The van der Waals surface area contributed by atoms with Crippen molar-refractivity contribution < 1.29 is 9.53 Å². The molecule has 17 heavy (non-hydrogen) atoms. The van der Waals surface area contributed by atoms with Gasteiger partial charge in [0.1, 0.15) is 5.78 Å². The largest absolute Gasteiger partial charge is 0.372 e. The molecule has 0 aromatic rings. The highest BCUT2D eigenvalue weighted by molar-refractivity contribution is 5.78. The van der Waals surface area contributed by atoms with Gasteiger partial charge in [-0.25, -0.2) is 0 Å². The molecule has 2 fully saturated rings. The summed E-state index contributed by atoms with van der Waals surface area (Å²) in [5.74, 6) is 0.555. The Kier molecular flexibility index (Phi) is 4.24. The van der Waals surface area contributed by atoms with Crippen molar-refractivity contribution in [1.29, 1.82) is 0 Å². The molecule has 2 unspecified atom stereocenters. The van der Waals surface area contributed by atoms with E-state index in [1.165, 1.54) is 44.9 Å². The predicted octanol–water partition coefficient (Wildman–Crippen LogP) is 3.87. The van der Waals surface area contributed by atoms with Crippen LogP contribution in [-0.4, -0.2) is 17.5 Å². The first-order valence-corrected chi connectivity index (χ1v) is 7.33. The van der Waals surface area contributed by atoms with E-state index in [9.17, 15) is 4.79 Å². The van der Waals surface area contributed by atoms with E-state index >= 15 is 0 Å². The third-order valence-corrected chi connectivity index (χ3v) is 4.72. The molecule has 2 aliphatic rings. The lowest BCUT2D eigenvalue weighted by molar-refractivity contribution is -0.123. The second kappa shape index (κ2) is 5.51. The maximum absolute atomic E-state index is 11.5. The van der Waals surface area contributed by atoms with Crippen molar-refractivity contribution >= 4 is 5.78 Å². The van der Waals surface area contributed by atoms with Crippen molar-refractivity contribution in [3.63, 3.8) is 0 Å². The van der Waals surface area contributed by atoms with Gasteiger partial charge >= 0.3 is 0 Å². The van der Waals surface area contributed by atoms with Crippen molar-refractivity contribution in [1.82, 2.24) is 0 Å². The molecule has 2 atom stereocenters. The number of hydrogen-bond acceptors (Lipinski definition) is 2. The monoisotopic (exact) mass is 238 g/mol. The Morgan fingerprint density at radius 3 is 2.59 bits per heavy atom. The summed E-state index contributed by atoms with van der Waals surface area (Å²) in [6.45, 7) is 3.83. The molecule has 1 saturated heterocycles. The van der Waals surface area contributed by atoms with E-state index in [0.29, 0.717) is 11.9 Å². The quantitative estimate of drug-likeness (QED) is 0.743. The van der Waals surface area contributed by atoms with E-state index in [4.69, 9.17) is 4.74 Å². The molecule has 1 spiro atoms. The zero-order chi connectivity index (χ0) is 12.3. The number of carbonyl (C=O) groups is 1. The van der Waals surface area contributed by atoms with Crippen molar-refractivity contribution in [3.05, 3.63) is 0 Å². The SMILES string of the molecule is CCC(CC1CCC2(CCCCC2)O1)C(C)=O. The lowest BCUT2D eigenvalue weighted by Crippen LogP contribution is -2.32. The molecule has 1 heterocycles. The molecule has 98 valence electrons. The average Bonchev–Trinajstić information content (AvgIpc) is 2.70. The number of carbonyl (C=O) groups excluding carboxylic acids is 1. The van der Waals surface area contributed by atoms with Gasteiger partial charge in [0.15, 0.2) is 0 Å². The Morgan fingerprint density at radius 2 is 2.00 bits per heavy atom. The average molecular weight is 238 g/mol. The molecule has 2 heteroatoms. The zero-order valence-corrected chi connectivity index (χ0v) is 11.3. The molecule has 0 amide bonds. The minimum absolute atomic E-state index is 0.206. The predicted molar refractivity (Wildman–Crippen MR) is 69.0 cm³/mol. The van der Waals surface area contributed by atoms with E-state index in [0.717, 1.165) is 12.8 Å². The standard InChI is InChI=1S/C15H26O2/c1-3-13(12(2)16)11-14-7-10-15(17-14)8-5-4-6-9-15/h13-14H,3-11H2,1-2H3. The minimum atomic E-state index is 0.206. The molecule has 0 N–H and O–H groups in total. The molecule has 1 aliphatic heterocycles. The van der Waals surface area contributed by atoms with Gasteiger partial charge in [-0.05, 0) is 45.4 Å². The Bertz CT molecular complexity index is 266. The fourth-order valence-electron chi connectivity index (χ4n) is 3.56. The van der Waals surface area contributed by atoms with E-state index in [2.05, 4.69) is 6.92 Å². The fraction of sp³-hybridized carbons (Fsp3) is 0.933. The van der Waals surface area contributed by atoms with Gasteiger partial charge in [0, 0.05) is 5.92 Å². The smallest absolute Gasteiger partial charge is 0.132 e. The van der Waals surface area contributed by atoms with E-state index in [1.54, 1.807) is 6.92 Å². The summed E-state index contributed by atoms with van der Waals surface area (Å²) in [5.41, 5.74) is 0.206. The van der Waals surface area contributed by atoms with Crippen LogP contribution in [0.15, 0.2) is 0 Å². The summed E-state index contributed by atoms with van der Waals surface area (Å²) in [6, 6.07) is 0. The van der Waals surface area contributed by atoms with E-state index in [1.807, 2.05) is 0 Å². The van der Waals surface area contributed by atoms with Crippen molar-refractivity contribution in [3.8, 4) is 0 Å². The van der Waals surface area contributed by atoms with Crippen LogP contribution in [0.25, 0.3) is 0 Å². The van der Waals surface area contributed by atoms with E-state index < -0.39 is 0 Å². The van der Waals surface area contributed by atoms with Gasteiger partial charge in [-0.15, -0.1) is 0 Å². The molecule has 0 bridgehead atoms. The van der Waals surface area contributed by atoms with E-state index in [-0.39, 0.29) is 11.5 Å². The first-order valence-electron chi connectivity index (χ1n) is 7.33. The van der Waals surface area contributed by atoms with Gasteiger partial charge in [-0.2, -0.15) is 0 Å². The van der Waals surface area contributed by atoms with Crippen LogP contribution in [0.5, 0.6) is 0 Å². The number of ketones is 1. The third-order valence-electron chi connectivity index (χ3n) is 4.72. The normalized spacial score (nSPS) is 29.4. The second-order valence-electron chi connectivity index (χ2n) is 5.97. The van der Waals surface area contributed by atoms with Gasteiger partial charge in [-0.1, -0.05) is 26.2 Å². The number of rotatable bonds is 4. The Hall–Kier alpha value is -0.370. The Morgan fingerprint density at radius 1 is 1.29 bits per heavy atom. The maximum atomic E-state index is 11.5. The summed E-state index contributed by atoms with van der Waals surface area (Å²) in [6.07, 6.45) is 11.2. The summed E-state index contributed by atoms with van der Waals surface area (Å²) in [5, 5.41) is 0. The van der Waals surface area contributed by atoms with Crippen LogP contribution in [0.3, 0.4) is 0 Å². The fourth-order valence-corrected chi connectivity index (χ4v) is 3.56. The zero-order valence-electron chi connectivity index (χ0n) is 11.3. The van der Waals surface area contributed by atoms with Crippen LogP contribution in [0.1, 0.15) is 71.6 Å². The first kappa shape index (κ1) is 13.1. The number of hydrogen-bond donors (Lipinski definition) is 0.